The van der Waals surface area contributed by atoms with Gasteiger partial charge < -0.3 is 20.0 Å². The van der Waals surface area contributed by atoms with Gasteiger partial charge in [0.15, 0.2) is 11.5 Å². The molecule has 0 heterocycles. The minimum absolute atomic E-state index is 0.00586. The molecule has 3 aromatic carbocycles. The molecule has 35 heavy (non-hydrogen) atoms. The molecule has 1 atom stereocenters. The van der Waals surface area contributed by atoms with Crippen LogP contribution in [0.5, 0.6) is 11.5 Å². The second-order valence-corrected chi connectivity index (χ2v) is 9.29. The highest BCUT2D eigenvalue weighted by Crippen LogP contribution is 2.31. The number of hydrogen-bond acceptors (Lipinski definition) is 6. The molecule has 0 saturated heterocycles. The van der Waals surface area contributed by atoms with Gasteiger partial charge in [-0.3, -0.25) is 9.59 Å². The molecular formula is C26H26N2O6S. The number of amides is 2. The molecule has 0 fully saturated rings. The highest BCUT2D eigenvalue weighted by molar-refractivity contribution is 7.87. The van der Waals surface area contributed by atoms with Crippen LogP contribution in [0.25, 0.3) is 6.08 Å². The molecule has 0 radical (unpaired) electrons. The summed E-state index contributed by atoms with van der Waals surface area (Å²) >= 11 is 0. The SMILES string of the molecule is COc1cc(/C=C/C(=O)NC(Cc2ccccc2)C(N)=O)ccc1OS(=O)(=O)c1ccc(C)cc1. The first kappa shape index (κ1) is 25.5. The van der Waals surface area contributed by atoms with Crippen molar-refractivity contribution in [1.29, 1.82) is 0 Å². The lowest BCUT2D eigenvalue weighted by Gasteiger charge is -2.14. The van der Waals surface area contributed by atoms with E-state index in [4.69, 9.17) is 14.7 Å². The van der Waals surface area contributed by atoms with E-state index in [0.29, 0.717) is 5.56 Å². The van der Waals surface area contributed by atoms with Crippen molar-refractivity contribution in [2.24, 2.45) is 5.73 Å². The van der Waals surface area contributed by atoms with Crippen molar-refractivity contribution >= 4 is 28.0 Å². The summed E-state index contributed by atoms with van der Waals surface area (Å²) in [7, 11) is -2.68. The van der Waals surface area contributed by atoms with Crippen LogP contribution in [0, 0.1) is 6.92 Å². The lowest BCUT2D eigenvalue weighted by Crippen LogP contribution is -2.45. The molecular weight excluding hydrogens is 468 g/mol. The van der Waals surface area contributed by atoms with Crippen LogP contribution in [-0.2, 0) is 26.1 Å². The molecule has 3 N–H and O–H groups in total. The number of aryl methyl sites for hydroxylation is 1. The van der Waals surface area contributed by atoms with Gasteiger partial charge in [0, 0.05) is 12.5 Å². The van der Waals surface area contributed by atoms with Gasteiger partial charge in [0.2, 0.25) is 11.8 Å². The molecule has 0 aliphatic heterocycles. The minimum atomic E-state index is -4.05. The first-order valence-electron chi connectivity index (χ1n) is 10.7. The highest BCUT2D eigenvalue weighted by Gasteiger charge is 2.20. The van der Waals surface area contributed by atoms with Gasteiger partial charge in [0.05, 0.1) is 7.11 Å². The summed E-state index contributed by atoms with van der Waals surface area (Å²) in [5.74, 6) is -0.979. The third kappa shape index (κ3) is 7.18. The molecule has 8 nitrogen and oxygen atoms in total. The average molecular weight is 495 g/mol. The molecule has 0 saturated carbocycles. The Balaban J connectivity index is 1.70. The second-order valence-electron chi connectivity index (χ2n) is 7.75. The number of nitrogens with one attached hydrogen (secondary N) is 1. The summed E-state index contributed by atoms with van der Waals surface area (Å²) in [6.07, 6.45) is 3.01. The maximum Gasteiger partial charge on any atom is 0.339 e. The topological polar surface area (TPSA) is 125 Å². The maximum atomic E-state index is 12.6. The Hall–Kier alpha value is -4.11. The van der Waals surface area contributed by atoms with Gasteiger partial charge in [0.1, 0.15) is 10.9 Å². The number of benzene rings is 3. The van der Waals surface area contributed by atoms with E-state index in [1.807, 2.05) is 37.3 Å². The highest BCUT2D eigenvalue weighted by atomic mass is 32.2. The van der Waals surface area contributed by atoms with Crippen LogP contribution in [0.2, 0.25) is 0 Å². The minimum Gasteiger partial charge on any atom is -0.493 e. The predicted octanol–water partition coefficient (Wildman–Crippen LogP) is 3.00. The number of carbonyl (C=O) groups excluding carboxylic acids is 2. The van der Waals surface area contributed by atoms with E-state index in [0.717, 1.165) is 11.1 Å². The summed E-state index contributed by atoms with van der Waals surface area (Å²) in [4.78, 5) is 24.2. The molecule has 0 bridgehead atoms. The van der Waals surface area contributed by atoms with Gasteiger partial charge in [-0.1, -0.05) is 54.1 Å². The quantitative estimate of drug-likeness (QED) is 0.330. The number of nitrogens with two attached hydrogens (primary N) is 1. The molecule has 3 aromatic rings. The Labute approximate surface area is 204 Å². The summed E-state index contributed by atoms with van der Waals surface area (Å²) in [5.41, 5.74) is 7.77. The molecule has 182 valence electrons. The fraction of sp³-hybridized carbons (Fsp3) is 0.154. The van der Waals surface area contributed by atoms with Gasteiger partial charge in [-0.15, -0.1) is 0 Å². The van der Waals surface area contributed by atoms with Crippen molar-refractivity contribution < 1.29 is 26.9 Å². The molecule has 3 rings (SSSR count). The molecule has 0 aliphatic rings. The maximum absolute atomic E-state index is 12.6. The Morgan fingerprint density at radius 1 is 1.00 bits per heavy atom. The summed E-state index contributed by atoms with van der Waals surface area (Å²) < 4.78 is 35.7. The van der Waals surface area contributed by atoms with E-state index in [1.54, 1.807) is 18.2 Å². The van der Waals surface area contributed by atoms with Crippen LogP contribution in [0.4, 0.5) is 0 Å². The third-order valence-corrected chi connectivity index (χ3v) is 6.32. The fourth-order valence-electron chi connectivity index (χ4n) is 3.19. The lowest BCUT2D eigenvalue weighted by atomic mass is 10.1. The van der Waals surface area contributed by atoms with Gasteiger partial charge in [-0.2, -0.15) is 8.42 Å². The van der Waals surface area contributed by atoms with Gasteiger partial charge in [-0.25, -0.2) is 0 Å². The van der Waals surface area contributed by atoms with Crippen molar-refractivity contribution in [3.63, 3.8) is 0 Å². The zero-order chi connectivity index (χ0) is 25.4. The third-order valence-electron chi connectivity index (χ3n) is 5.07. The number of carbonyl (C=O) groups is 2. The molecule has 0 aromatic heterocycles. The number of primary amides is 1. The van der Waals surface area contributed by atoms with E-state index in [1.165, 1.54) is 43.5 Å². The van der Waals surface area contributed by atoms with Crippen molar-refractivity contribution in [3.8, 4) is 11.5 Å². The number of methoxy groups -OCH3 is 1. The van der Waals surface area contributed by atoms with Crippen molar-refractivity contribution in [3.05, 3.63) is 95.6 Å². The summed E-state index contributed by atoms with van der Waals surface area (Å²) in [6, 6.07) is 19.1. The zero-order valence-corrected chi connectivity index (χ0v) is 20.1. The summed E-state index contributed by atoms with van der Waals surface area (Å²) in [5, 5.41) is 2.59. The fourth-order valence-corrected chi connectivity index (χ4v) is 4.13. The Bertz CT molecular complexity index is 1320. The van der Waals surface area contributed by atoms with Gasteiger partial charge in [0.25, 0.3) is 0 Å². The van der Waals surface area contributed by atoms with E-state index >= 15 is 0 Å². The van der Waals surface area contributed by atoms with Crippen molar-refractivity contribution in [2.75, 3.05) is 7.11 Å². The van der Waals surface area contributed by atoms with Crippen molar-refractivity contribution in [2.45, 2.75) is 24.3 Å². The van der Waals surface area contributed by atoms with Crippen LogP contribution in [0.1, 0.15) is 16.7 Å². The van der Waals surface area contributed by atoms with Crippen LogP contribution < -0.4 is 20.0 Å². The second kappa shape index (κ2) is 11.3. The van der Waals surface area contributed by atoms with Crippen molar-refractivity contribution in [1.82, 2.24) is 5.32 Å². The van der Waals surface area contributed by atoms with Crippen LogP contribution in [0.3, 0.4) is 0 Å². The first-order chi connectivity index (χ1) is 16.7. The Morgan fingerprint density at radius 2 is 1.69 bits per heavy atom. The number of hydrogen-bond donors (Lipinski definition) is 2. The first-order valence-corrected chi connectivity index (χ1v) is 12.1. The van der Waals surface area contributed by atoms with Gasteiger partial charge >= 0.3 is 10.1 Å². The molecule has 1 unspecified atom stereocenters. The monoisotopic (exact) mass is 494 g/mol. The van der Waals surface area contributed by atoms with Crippen LogP contribution in [-0.4, -0.2) is 33.4 Å². The zero-order valence-electron chi connectivity index (χ0n) is 19.3. The van der Waals surface area contributed by atoms with Gasteiger partial charge in [-0.05, 0) is 48.4 Å². The molecule has 9 heteroatoms. The molecule has 0 aliphatic carbocycles. The van der Waals surface area contributed by atoms with E-state index in [9.17, 15) is 18.0 Å². The average Bonchev–Trinajstić information content (AvgIpc) is 2.83. The predicted molar refractivity (Wildman–Crippen MR) is 132 cm³/mol. The standard InChI is InChI=1S/C26H26N2O6S/c1-18-8-12-21(13-9-18)35(31,32)34-23-14-10-20(17-24(23)33-2)11-15-25(29)28-22(26(27)30)16-19-6-4-3-5-7-19/h3-15,17,22H,16H2,1-2H3,(H2,27,30)(H,28,29)/b15-11+. The van der Waals surface area contributed by atoms with Crippen LogP contribution >= 0.6 is 0 Å². The Kier molecular flexibility index (Phi) is 8.27. The van der Waals surface area contributed by atoms with E-state index in [-0.39, 0.29) is 22.8 Å². The number of rotatable bonds is 10. The smallest absolute Gasteiger partial charge is 0.339 e. The summed E-state index contributed by atoms with van der Waals surface area (Å²) in [6.45, 7) is 1.85. The van der Waals surface area contributed by atoms with E-state index in [2.05, 4.69) is 5.32 Å². The Morgan fingerprint density at radius 3 is 2.31 bits per heavy atom. The number of ether oxygens (including phenoxy) is 1. The normalized spacial score (nSPS) is 12.2. The lowest BCUT2D eigenvalue weighted by molar-refractivity contribution is -0.124. The molecule has 2 amide bonds. The van der Waals surface area contributed by atoms with E-state index < -0.39 is 28.0 Å². The molecule has 0 spiro atoms. The largest absolute Gasteiger partial charge is 0.493 e. The van der Waals surface area contributed by atoms with Crippen LogP contribution in [0.15, 0.2) is 83.8 Å².